The molecule has 1 aromatic carbocycles. The van der Waals surface area contributed by atoms with Crippen LogP contribution in [0.1, 0.15) is 54.7 Å². The van der Waals surface area contributed by atoms with Crippen LogP contribution in [-0.4, -0.2) is 17.6 Å². The summed E-state index contributed by atoms with van der Waals surface area (Å²) in [4.78, 5) is 12.5. The normalized spacial score (nSPS) is 16.8. The van der Waals surface area contributed by atoms with Gasteiger partial charge in [0.05, 0.1) is 12.1 Å². The molecule has 0 spiro atoms. The number of carbonyl (C=O) groups excluding carboxylic acids is 1. The van der Waals surface area contributed by atoms with Crippen LogP contribution in [-0.2, 0) is 16.6 Å². The summed E-state index contributed by atoms with van der Waals surface area (Å²) in [7, 11) is 0. The van der Waals surface area contributed by atoms with Gasteiger partial charge in [-0.05, 0) is 32.3 Å². The van der Waals surface area contributed by atoms with Crippen molar-refractivity contribution in [1.29, 1.82) is 0 Å². The van der Waals surface area contributed by atoms with Crippen molar-refractivity contribution < 1.29 is 9.32 Å². The summed E-state index contributed by atoms with van der Waals surface area (Å²) < 4.78 is 5.15. The van der Waals surface area contributed by atoms with E-state index in [4.69, 9.17) is 4.52 Å². The van der Waals surface area contributed by atoms with E-state index in [1.165, 1.54) is 24.8 Å². The van der Waals surface area contributed by atoms with Crippen LogP contribution in [0.25, 0.3) is 0 Å². The second-order valence-electron chi connectivity index (χ2n) is 6.96. The summed E-state index contributed by atoms with van der Waals surface area (Å²) in [6.07, 6.45) is 6.38. The van der Waals surface area contributed by atoms with Gasteiger partial charge in [-0.3, -0.25) is 4.79 Å². The topological polar surface area (TPSA) is 55.1 Å². The number of aryl methyl sites for hydroxylation is 2. The predicted octanol–water partition coefficient (Wildman–Crippen LogP) is 3.85. The lowest BCUT2D eigenvalue weighted by Crippen LogP contribution is -2.42. The third-order valence-electron chi connectivity index (χ3n) is 5.34. The first kappa shape index (κ1) is 16.7. The third kappa shape index (κ3) is 3.53. The summed E-state index contributed by atoms with van der Waals surface area (Å²) in [6, 6.07) is 10.6. The maximum Gasteiger partial charge on any atom is 0.224 e. The van der Waals surface area contributed by atoms with Gasteiger partial charge in [0.2, 0.25) is 5.91 Å². The molecular formula is C20H26N2O2. The zero-order valence-corrected chi connectivity index (χ0v) is 14.6. The molecule has 0 bridgehead atoms. The Labute approximate surface area is 143 Å². The second-order valence-corrected chi connectivity index (χ2v) is 6.96. The van der Waals surface area contributed by atoms with Gasteiger partial charge in [-0.15, -0.1) is 0 Å². The first-order chi connectivity index (χ1) is 11.6. The molecule has 0 radical (unpaired) electrons. The van der Waals surface area contributed by atoms with Crippen molar-refractivity contribution in [3.8, 4) is 0 Å². The van der Waals surface area contributed by atoms with Gasteiger partial charge in [0.15, 0.2) is 0 Å². The van der Waals surface area contributed by atoms with E-state index in [2.05, 4.69) is 40.8 Å². The van der Waals surface area contributed by atoms with E-state index < -0.39 is 0 Å². The maximum atomic E-state index is 12.5. The van der Waals surface area contributed by atoms with Gasteiger partial charge in [0.25, 0.3) is 0 Å². The van der Waals surface area contributed by atoms with Crippen LogP contribution >= 0.6 is 0 Å². The molecule has 24 heavy (non-hydrogen) atoms. The highest BCUT2D eigenvalue weighted by Crippen LogP contribution is 2.38. The Kier molecular flexibility index (Phi) is 5.03. The molecule has 0 aliphatic heterocycles. The van der Waals surface area contributed by atoms with Gasteiger partial charge < -0.3 is 9.84 Å². The Hall–Kier alpha value is -2.10. The van der Waals surface area contributed by atoms with E-state index in [-0.39, 0.29) is 11.3 Å². The van der Waals surface area contributed by atoms with Crippen molar-refractivity contribution >= 4 is 5.91 Å². The largest absolute Gasteiger partial charge is 0.361 e. The highest BCUT2D eigenvalue weighted by Gasteiger charge is 2.34. The van der Waals surface area contributed by atoms with Crippen LogP contribution in [0.15, 0.2) is 34.9 Å². The lowest BCUT2D eigenvalue weighted by Gasteiger charge is -2.38. The van der Waals surface area contributed by atoms with E-state index in [1.807, 2.05) is 13.8 Å². The van der Waals surface area contributed by atoms with Gasteiger partial charge >= 0.3 is 0 Å². The minimum atomic E-state index is 0.0466. The predicted molar refractivity (Wildman–Crippen MR) is 93.9 cm³/mol. The van der Waals surface area contributed by atoms with E-state index in [0.717, 1.165) is 29.9 Å². The van der Waals surface area contributed by atoms with Crippen molar-refractivity contribution in [3.63, 3.8) is 0 Å². The minimum absolute atomic E-state index is 0.0466. The standard InChI is InChI=1S/C20H26N2O2/c1-15-18(16(2)24-22-15)13-19(23)21-14-20(11-7-4-8-12-20)17-9-5-3-6-10-17/h3,5-6,9-10H,4,7-8,11-14H2,1-2H3,(H,21,23). The first-order valence-electron chi connectivity index (χ1n) is 8.85. The lowest BCUT2D eigenvalue weighted by atomic mass is 9.69. The summed E-state index contributed by atoms with van der Waals surface area (Å²) in [5, 5.41) is 7.10. The fraction of sp³-hybridized carbons (Fsp3) is 0.500. The molecule has 4 nitrogen and oxygen atoms in total. The van der Waals surface area contributed by atoms with Crippen LogP contribution < -0.4 is 5.32 Å². The molecular weight excluding hydrogens is 300 g/mol. The quantitative estimate of drug-likeness (QED) is 0.908. The van der Waals surface area contributed by atoms with Gasteiger partial charge in [0.1, 0.15) is 5.76 Å². The number of rotatable bonds is 5. The summed E-state index contributed by atoms with van der Waals surface area (Å²) >= 11 is 0. The van der Waals surface area contributed by atoms with E-state index in [9.17, 15) is 4.79 Å². The smallest absolute Gasteiger partial charge is 0.224 e. The zero-order valence-electron chi connectivity index (χ0n) is 14.6. The Morgan fingerprint density at radius 3 is 2.50 bits per heavy atom. The van der Waals surface area contributed by atoms with Crippen LogP contribution in [0, 0.1) is 13.8 Å². The molecule has 1 aliphatic carbocycles. The van der Waals surface area contributed by atoms with Gasteiger partial charge in [-0.1, -0.05) is 54.8 Å². The number of hydrogen-bond donors (Lipinski definition) is 1. The highest BCUT2D eigenvalue weighted by atomic mass is 16.5. The minimum Gasteiger partial charge on any atom is -0.361 e. The molecule has 0 saturated heterocycles. The van der Waals surface area contributed by atoms with Crippen molar-refractivity contribution in [1.82, 2.24) is 10.5 Å². The number of nitrogens with zero attached hydrogens (tertiary/aromatic N) is 1. The second kappa shape index (κ2) is 7.20. The molecule has 1 heterocycles. The SMILES string of the molecule is Cc1noc(C)c1CC(=O)NCC1(c2ccccc2)CCCCC1. The summed E-state index contributed by atoms with van der Waals surface area (Å²) in [6.45, 7) is 4.44. The highest BCUT2D eigenvalue weighted by molar-refractivity contribution is 5.79. The van der Waals surface area contributed by atoms with E-state index >= 15 is 0 Å². The van der Waals surface area contributed by atoms with Gasteiger partial charge in [-0.25, -0.2) is 0 Å². The lowest BCUT2D eigenvalue weighted by molar-refractivity contribution is -0.120. The molecule has 0 atom stereocenters. The van der Waals surface area contributed by atoms with Crippen LogP contribution in [0.5, 0.6) is 0 Å². The number of nitrogens with one attached hydrogen (secondary N) is 1. The summed E-state index contributed by atoms with van der Waals surface area (Å²) in [5.41, 5.74) is 3.14. The molecule has 3 rings (SSSR count). The molecule has 1 aromatic heterocycles. The molecule has 2 aromatic rings. The maximum absolute atomic E-state index is 12.5. The third-order valence-corrected chi connectivity index (χ3v) is 5.34. The number of carbonyl (C=O) groups is 1. The molecule has 1 fully saturated rings. The molecule has 1 N–H and O–H groups in total. The Balaban J connectivity index is 1.69. The van der Waals surface area contributed by atoms with E-state index in [0.29, 0.717) is 13.0 Å². The number of hydrogen-bond acceptors (Lipinski definition) is 3. The zero-order chi connectivity index (χ0) is 17.0. The van der Waals surface area contributed by atoms with E-state index in [1.54, 1.807) is 0 Å². The van der Waals surface area contributed by atoms with Crippen LogP contribution in [0.4, 0.5) is 0 Å². The van der Waals surface area contributed by atoms with Crippen LogP contribution in [0.3, 0.4) is 0 Å². The monoisotopic (exact) mass is 326 g/mol. The van der Waals surface area contributed by atoms with Crippen molar-refractivity contribution in [2.75, 3.05) is 6.54 Å². The molecule has 1 saturated carbocycles. The molecule has 1 aliphatic rings. The average Bonchev–Trinajstić information content (AvgIpc) is 2.93. The van der Waals surface area contributed by atoms with Crippen LogP contribution in [0.2, 0.25) is 0 Å². The van der Waals surface area contributed by atoms with Crippen molar-refractivity contribution in [2.24, 2.45) is 0 Å². The molecule has 4 heteroatoms. The molecule has 0 unspecified atom stereocenters. The fourth-order valence-electron chi connectivity index (χ4n) is 3.83. The fourth-order valence-corrected chi connectivity index (χ4v) is 3.83. The number of aromatic nitrogens is 1. The van der Waals surface area contributed by atoms with Crippen molar-refractivity contribution in [2.45, 2.75) is 57.8 Å². The molecule has 1 amide bonds. The number of benzene rings is 1. The number of amides is 1. The Morgan fingerprint density at radius 1 is 1.17 bits per heavy atom. The van der Waals surface area contributed by atoms with Gasteiger partial charge in [0, 0.05) is 17.5 Å². The Morgan fingerprint density at radius 2 is 1.88 bits per heavy atom. The Bertz CT molecular complexity index is 665. The van der Waals surface area contributed by atoms with Gasteiger partial charge in [-0.2, -0.15) is 0 Å². The first-order valence-corrected chi connectivity index (χ1v) is 8.85. The average molecular weight is 326 g/mol. The van der Waals surface area contributed by atoms with Crippen molar-refractivity contribution in [3.05, 3.63) is 52.9 Å². The molecule has 128 valence electrons. The summed E-state index contributed by atoms with van der Waals surface area (Å²) in [5.74, 6) is 0.781.